The molecule has 0 amide bonds. The van der Waals surface area contributed by atoms with E-state index in [0.717, 1.165) is 5.56 Å². The molecule has 2 rings (SSSR count). The zero-order chi connectivity index (χ0) is 11.9. The van der Waals surface area contributed by atoms with E-state index in [9.17, 15) is 9.59 Å². The molecule has 0 atom stereocenters. The Bertz CT molecular complexity index is 524. The number of ketones is 1. The highest BCUT2D eigenvalue weighted by Gasteiger charge is 2.26. The summed E-state index contributed by atoms with van der Waals surface area (Å²) in [7, 11) is 0. The molecule has 1 aliphatic rings. The molecule has 82 valence electrons. The van der Waals surface area contributed by atoms with Crippen LogP contribution in [0.3, 0.4) is 0 Å². The number of aryl methyl sites for hydroxylation is 1. The van der Waals surface area contributed by atoms with Gasteiger partial charge in [0, 0.05) is 12.0 Å². The Hall–Kier alpha value is -1.90. The maximum absolute atomic E-state index is 11.8. The van der Waals surface area contributed by atoms with Crippen molar-refractivity contribution >= 4 is 17.3 Å². The summed E-state index contributed by atoms with van der Waals surface area (Å²) in [5.41, 5.74) is 2.95. The van der Waals surface area contributed by atoms with Gasteiger partial charge in [-0.05, 0) is 25.5 Å². The second kappa shape index (κ2) is 3.59. The summed E-state index contributed by atoms with van der Waals surface area (Å²) in [5, 5.41) is 9.14. The lowest BCUT2D eigenvalue weighted by Crippen LogP contribution is -2.15. The number of allylic oxidation sites excluding steroid dienone is 1. The van der Waals surface area contributed by atoms with Gasteiger partial charge in [0.25, 0.3) is 0 Å². The fourth-order valence-electron chi connectivity index (χ4n) is 2.06. The molecule has 0 saturated carbocycles. The summed E-state index contributed by atoms with van der Waals surface area (Å²) in [6.45, 7) is 3.59. The summed E-state index contributed by atoms with van der Waals surface area (Å²) in [5.74, 6) is -0.962. The van der Waals surface area contributed by atoms with Gasteiger partial charge in [-0.2, -0.15) is 0 Å². The molecule has 3 nitrogen and oxygen atoms in total. The summed E-state index contributed by atoms with van der Waals surface area (Å²) >= 11 is 0. The molecule has 0 aromatic heterocycles. The van der Waals surface area contributed by atoms with E-state index in [1.54, 1.807) is 19.1 Å². The van der Waals surface area contributed by atoms with Crippen LogP contribution in [0.25, 0.3) is 5.57 Å². The van der Waals surface area contributed by atoms with Gasteiger partial charge in [0.15, 0.2) is 5.78 Å². The van der Waals surface area contributed by atoms with Crippen LogP contribution in [0.15, 0.2) is 23.8 Å². The van der Waals surface area contributed by atoms with Crippen molar-refractivity contribution in [3.63, 3.8) is 0 Å². The quantitative estimate of drug-likeness (QED) is 0.784. The predicted molar refractivity (Wildman–Crippen MR) is 60.4 cm³/mol. The SMILES string of the molecule is CC1=C(C(=O)O)c2ccc(C)cc2C(=O)C1. The molecule has 1 aliphatic carbocycles. The number of Topliss-reactive ketones (excluding diaryl/α,β-unsaturated/α-hetero) is 1. The third-order valence-corrected chi connectivity index (χ3v) is 2.81. The minimum absolute atomic E-state index is 0.00111. The lowest BCUT2D eigenvalue weighted by atomic mass is 9.84. The minimum Gasteiger partial charge on any atom is -0.478 e. The first-order valence-corrected chi connectivity index (χ1v) is 5.08. The number of benzene rings is 1. The molecule has 0 fully saturated rings. The van der Waals surface area contributed by atoms with Crippen molar-refractivity contribution in [1.29, 1.82) is 0 Å². The Morgan fingerprint density at radius 2 is 1.94 bits per heavy atom. The monoisotopic (exact) mass is 216 g/mol. The Balaban J connectivity index is 2.72. The number of carboxylic acid groups (broad SMARTS) is 1. The molecule has 16 heavy (non-hydrogen) atoms. The van der Waals surface area contributed by atoms with Gasteiger partial charge >= 0.3 is 5.97 Å². The van der Waals surface area contributed by atoms with Gasteiger partial charge in [-0.3, -0.25) is 4.79 Å². The van der Waals surface area contributed by atoms with Crippen molar-refractivity contribution in [2.24, 2.45) is 0 Å². The van der Waals surface area contributed by atoms with Crippen LogP contribution in [0.5, 0.6) is 0 Å². The van der Waals surface area contributed by atoms with Crippen LogP contribution in [0.2, 0.25) is 0 Å². The standard InChI is InChI=1S/C13H12O3/c1-7-3-4-9-10(5-7)11(14)6-8(2)12(9)13(15)16/h3-5H,6H2,1-2H3,(H,15,16). The summed E-state index contributed by atoms with van der Waals surface area (Å²) < 4.78 is 0. The van der Waals surface area contributed by atoms with E-state index in [1.165, 1.54) is 0 Å². The molecule has 3 heteroatoms. The van der Waals surface area contributed by atoms with Crippen LogP contribution in [0.4, 0.5) is 0 Å². The number of carboxylic acids is 1. The van der Waals surface area contributed by atoms with Crippen molar-refractivity contribution < 1.29 is 14.7 Å². The lowest BCUT2D eigenvalue weighted by Gasteiger charge is -2.18. The third-order valence-electron chi connectivity index (χ3n) is 2.81. The fourth-order valence-corrected chi connectivity index (χ4v) is 2.06. The van der Waals surface area contributed by atoms with Gasteiger partial charge in [0.1, 0.15) is 0 Å². The zero-order valence-electron chi connectivity index (χ0n) is 9.20. The maximum atomic E-state index is 11.8. The second-order valence-corrected chi connectivity index (χ2v) is 4.11. The average molecular weight is 216 g/mol. The van der Waals surface area contributed by atoms with E-state index in [0.29, 0.717) is 16.7 Å². The van der Waals surface area contributed by atoms with Crippen LogP contribution >= 0.6 is 0 Å². The number of aliphatic carboxylic acids is 1. The number of carbonyl (C=O) groups excluding carboxylic acids is 1. The smallest absolute Gasteiger partial charge is 0.336 e. The molecular formula is C13H12O3. The Labute approximate surface area is 93.4 Å². The van der Waals surface area contributed by atoms with E-state index in [1.807, 2.05) is 13.0 Å². The summed E-state index contributed by atoms with van der Waals surface area (Å²) in [4.78, 5) is 22.9. The zero-order valence-corrected chi connectivity index (χ0v) is 9.20. The molecule has 0 saturated heterocycles. The van der Waals surface area contributed by atoms with E-state index in [4.69, 9.17) is 5.11 Å². The first kappa shape index (κ1) is 10.6. The van der Waals surface area contributed by atoms with E-state index in [2.05, 4.69) is 0 Å². The summed E-state index contributed by atoms with van der Waals surface area (Å²) in [6.07, 6.45) is 0.206. The molecule has 1 aromatic rings. The largest absolute Gasteiger partial charge is 0.478 e. The topological polar surface area (TPSA) is 54.4 Å². The van der Waals surface area contributed by atoms with Gasteiger partial charge < -0.3 is 5.11 Å². The fraction of sp³-hybridized carbons (Fsp3) is 0.231. The molecule has 1 N–H and O–H groups in total. The molecule has 0 heterocycles. The highest BCUT2D eigenvalue weighted by molar-refractivity contribution is 6.22. The van der Waals surface area contributed by atoms with Crippen molar-refractivity contribution in [2.45, 2.75) is 20.3 Å². The number of rotatable bonds is 1. The summed E-state index contributed by atoms with van der Waals surface area (Å²) in [6, 6.07) is 5.30. The average Bonchev–Trinajstić information content (AvgIpc) is 2.18. The van der Waals surface area contributed by atoms with Gasteiger partial charge in [-0.1, -0.05) is 23.3 Å². The first-order chi connectivity index (χ1) is 7.50. The van der Waals surface area contributed by atoms with Crippen LogP contribution in [0.1, 0.15) is 34.8 Å². The Morgan fingerprint density at radius 1 is 1.25 bits per heavy atom. The number of hydrogen-bond acceptors (Lipinski definition) is 2. The second-order valence-electron chi connectivity index (χ2n) is 4.11. The molecular weight excluding hydrogens is 204 g/mol. The molecule has 0 radical (unpaired) electrons. The lowest BCUT2D eigenvalue weighted by molar-refractivity contribution is -0.130. The highest BCUT2D eigenvalue weighted by atomic mass is 16.4. The van der Waals surface area contributed by atoms with Crippen molar-refractivity contribution in [3.8, 4) is 0 Å². The highest BCUT2D eigenvalue weighted by Crippen LogP contribution is 2.31. The van der Waals surface area contributed by atoms with E-state index >= 15 is 0 Å². The van der Waals surface area contributed by atoms with Crippen molar-refractivity contribution in [1.82, 2.24) is 0 Å². The minimum atomic E-state index is -0.963. The van der Waals surface area contributed by atoms with Crippen LogP contribution in [-0.2, 0) is 4.79 Å². The maximum Gasteiger partial charge on any atom is 0.336 e. The van der Waals surface area contributed by atoms with Crippen molar-refractivity contribution in [3.05, 3.63) is 40.5 Å². The number of hydrogen-bond donors (Lipinski definition) is 1. The molecule has 0 aliphatic heterocycles. The van der Waals surface area contributed by atoms with E-state index in [-0.39, 0.29) is 17.8 Å². The molecule has 1 aromatic carbocycles. The Kier molecular flexibility index (Phi) is 2.38. The van der Waals surface area contributed by atoms with Crippen LogP contribution < -0.4 is 0 Å². The van der Waals surface area contributed by atoms with Crippen LogP contribution in [0, 0.1) is 6.92 Å². The van der Waals surface area contributed by atoms with Crippen LogP contribution in [-0.4, -0.2) is 16.9 Å². The van der Waals surface area contributed by atoms with Gasteiger partial charge in [-0.25, -0.2) is 4.79 Å². The third kappa shape index (κ3) is 1.54. The van der Waals surface area contributed by atoms with Gasteiger partial charge in [0.2, 0.25) is 0 Å². The van der Waals surface area contributed by atoms with E-state index < -0.39 is 5.97 Å². The molecule has 0 unspecified atom stereocenters. The molecule has 0 bridgehead atoms. The normalized spacial score (nSPS) is 15.0. The van der Waals surface area contributed by atoms with Gasteiger partial charge in [0.05, 0.1) is 5.57 Å². The Morgan fingerprint density at radius 3 is 2.56 bits per heavy atom. The van der Waals surface area contributed by atoms with Gasteiger partial charge in [-0.15, -0.1) is 0 Å². The van der Waals surface area contributed by atoms with Crippen molar-refractivity contribution in [2.75, 3.05) is 0 Å². The predicted octanol–water partition coefficient (Wildman–Crippen LogP) is 2.44. The first-order valence-electron chi connectivity index (χ1n) is 5.08. The number of fused-ring (bicyclic) bond motifs is 1. The molecule has 0 spiro atoms. The number of carbonyl (C=O) groups is 2.